The molecule has 0 amide bonds. The normalized spacial score (nSPS) is 23.8. The molecule has 1 N–H and O–H groups in total. The molecule has 2 aliphatic rings. The molecule has 1 aromatic heterocycles. The van der Waals surface area contributed by atoms with Crippen LogP contribution in [0.2, 0.25) is 0 Å². The zero-order valence-corrected chi connectivity index (χ0v) is 13.9. The Kier molecular flexibility index (Phi) is 5.38. The Hall–Kier alpha value is -1.33. The largest absolute Gasteiger partial charge is 0.460 e. The van der Waals surface area contributed by atoms with Crippen LogP contribution >= 0.6 is 0 Å². The maximum atomic E-state index is 11.6. The van der Waals surface area contributed by atoms with Gasteiger partial charge in [-0.25, -0.2) is 4.79 Å². The summed E-state index contributed by atoms with van der Waals surface area (Å²) < 4.78 is 16.6. The van der Waals surface area contributed by atoms with Crippen molar-refractivity contribution >= 4 is 5.97 Å². The van der Waals surface area contributed by atoms with E-state index in [4.69, 9.17) is 13.9 Å². The van der Waals surface area contributed by atoms with Crippen LogP contribution in [0.25, 0.3) is 0 Å². The molecular formula is C18H27NO4. The summed E-state index contributed by atoms with van der Waals surface area (Å²) in [4.78, 5) is 11.6. The Labute approximate surface area is 137 Å². The van der Waals surface area contributed by atoms with Crippen molar-refractivity contribution in [3.63, 3.8) is 0 Å². The first kappa shape index (κ1) is 16.5. The first-order valence-corrected chi connectivity index (χ1v) is 8.84. The van der Waals surface area contributed by atoms with Gasteiger partial charge in [0.2, 0.25) is 5.76 Å². The average molecular weight is 321 g/mol. The molecule has 1 aliphatic carbocycles. The number of nitrogens with one attached hydrogen (secondary N) is 1. The van der Waals surface area contributed by atoms with Gasteiger partial charge in [-0.2, -0.15) is 0 Å². The summed E-state index contributed by atoms with van der Waals surface area (Å²) in [6.07, 6.45) is 8.41. The highest BCUT2D eigenvalue weighted by Crippen LogP contribution is 2.38. The van der Waals surface area contributed by atoms with Gasteiger partial charge in [0.05, 0.1) is 18.8 Å². The van der Waals surface area contributed by atoms with Crippen molar-refractivity contribution in [3.05, 3.63) is 23.7 Å². The van der Waals surface area contributed by atoms with Crippen molar-refractivity contribution in [2.75, 3.05) is 13.2 Å². The third-order valence-electron chi connectivity index (χ3n) is 4.96. The van der Waals surface area contributed by atoms with E-state index in [1.807, 2.05) is 6.07 Å². The number of hydrogen-bond donors (Lipinski definition) is 1. The van der Waals surface area contributed by atoms with Crippen LogP contribution in [0.4, 0.5) is 0 Å². The first-order valence-electron chi connectivity index (χ1n) is 8.84. The molecule has 1 saturated carbocycles. The molecule has 5 heteroatoms. The van der Waals surface area contributed by atoms with Gasteiger partial charge >= 0.3 is 5.97 Å². The quantitative estimate of drug-likeness (QED) is 0.842. The summed E-state index contributed by atoms with van der Waals surface area (Å²) in [5.41, 5.74) is 0.105. The van der Waals surface area contributed by atoms with Gasteiger partial charge in [-0.15, -0.1) is 0 Å². The second-order valence-electron chi connectivity index (χ2n) is 6.65. The number of ether oxygens (including phenoxy) is 2. The third kappa shape index (κ3) is 4.15. The fourth-order valence-electron chi connectivity index (χ4n) is 3.78. The topological polar surface area (TPSA) is 60.7 Å². The summed E-state index contributed by atoms with van der Waals surface area (Å²) >= 11 is 0. The van der Waals surface area contributed by atoms with Crippen LogP contribution in [0.3, 0.4) is 0 Å². The number of hydrogen-bond acceptors (Lipinski definition) is 5. The molecule has 0 aromatic carbocycles. The smallest absolute Gasteiger partial charge is 0.374 e. The van der Waals surface area contributed by atoms with Crippen LogP contribution < -0.4 is 5.32 Å². The van der Waals surface area contributed by atoms with Crippen LogP contribution in [0.5, 0.6) is 0 Å². The Morgan fingerprint density at radius 1 is 1.35 bits per heavy atom. The molecular weight excluding hydrogens is 294 g/mol. The standard InChI is InChI=1S/C18H27NO4/c1-2-21-17(20)16-7-6-15(23-16)13-19-14-8-11-22-18(12-14)9-4-3-5-10-18/h6-7,14,19H,2-5,8-13H2,1H3/t14-/m1/s1. The van der Waals surface area contributed by atoms with E-state index in [0.717, 1.165) is 25.2 Å². The van der Waals surface area contributed by atoms with Crippen molar-refractivity contribution in [2.45, 2.75) is 70.1 Å². The monoisotopic (exact) mass is 321 g/mol. The van der Waals surface area contributed by atoms with Crippen LogP contribution in [-0.2, 0) is 16.0 Å². The van der Waals surface area contributed by atoms with Gasteiger partial charge < -0.3 is 19.2 Å². The van der Waals surface area contributed by atoms with Gasteiger partial charge in [0.15, 0.2) is 0 Å². The molecule has 0 unspecified atom stereocenters. The second-order valence-corrected chi connectivity index (χ2v) is 6.65. The average Bonchev–Trinajstić information content (AvgIpc) is 3.03. The molecule has 2 fully saturated rings. The Bertz CT molecular complexity index is 513. The van der Waals surface area contributed by atoms with E-state index < -0.39 is 5.97 Å². The third-order valence-corrected chi connectivity index (χ3v) is 4.96. The maximum Gasteiger partial charge on any atom is 0.374 e. The van der Waals surface area contributed by atoms with E-state index in [0.29, 0.717) is 19.2 Å². The van der Waals surface area contributed by atoms with Gasteiger partial charge in [0, 0.05) is 12.6 Å². The number of carbonyl (C=O) groups excluding carboxylic acids is 1. The Morgan fingerprint density at radius 2 is 2.17 bits per heavy atom. The van der Waals surface area contributed by atoms with Gasteiger partial charge in [-0.05, 0) is 44.7 Å². The predicted octanol–water partition coefficient (Wildman–Crippen LogP) is 3.43. The van der Waals surface area contributed by atoms with Gasteiger partial charge in [-0.1, -0.05) is 19.3 Å². The molecule has 2 heterocycles. The highest BCUT2D eigenvalue weighted by atomic mass is 16.5. The van der Waals surface area contributed by atoms with Crippen molar-refractivity contribution in [1.82, 2.24) is 5.32 Å². The van der Waals surface area contributed by atoms with Crippen molar-refractivity contribution in [2.24, 2.45) is 0 Å². The molecule has 1 aliphatic heterocycles. The summed E-state index contributed by atoms with van der Waals surface area (Å²) in [7, 11) is 0. The van der Waals surface area contributed by atoms with E-state index >= 15 is 0 Å². The van der Waals surface area contributed by atoms with Gasteiger partial charge in [-0.3, -0.25) is 0 Å². The summed E-state index contributed by atoms with van der Waals surface area (Å²) in [5, 5.41) is 3.57. The van der Waals surface area contributed by atoms with Crippen molar-refractivity contribution in [1.29, 1.82) is 0 Å². The highest BCUT2D eigenvalue weighted by molar-refractivity contribution is 5.86. The number of furan rings is 1. The van der Waals surface area contributed by atoms with Crippen LogP contribution in [0.1, 0.15) is 68.2 Å². The lowest BCUT2D eigenvalue weighted by atomic mass is 9.78. The van der Waals surface area contributed by atoms with E-state index in [-0.39, 0.29) is 11.4 Å². The minimum absolute atomic E-state index is 0.105. The fraction of sp³-hybridized carbons (Fsp3) is 0.722. The molecule has 1 atom stereocenters. The molecule has 1 spiro atoms. The van der Waals surface area contributed by atoms with E-state index in [1.54, 1.807) is 13.0 Å². The number of esters is 1. The van der Waals surface area contributed by atoms with Crippen molar-refractivity contribution < 1.29 is 18.7 Å². The van der Waals surface area contributed by atoms with Gasteiger partial charge in [0.1, 0.15) is 5.76 Å². The minimum atomic E-state index is -0.397. The minimum Gasteiger partial charge on any atom is -0.460 e. The maximum absolute atomic E-state index is 11.6. The lowest BCUT2D eigenvalue weighted by Crippen LogP contribution is -2.47. The molecule has 0 radical (unpaired) electrons. The molecule has 1 saturated heterocycles. The van der Waals surface area contributed by atoms with E-state index in [1.165, 1.54) is 32.1 Å². The zero-order chi connectivity index (χ0) is 16.1. The SMILES string of the molecule is CCOC(=O)c1ccc(CN[C@@H]2CCOC3(CCCCC3)C2)o1. The molecule has 1 aromatic rings. The van der Waals surface area contributed by atoms with E-state index in [2.05, 4.69) is 5.32 Å². The zero-order valence-electron chi connectivity index (χ0n) is 13.9. The summed E-state index contributed by atoms with van der Waals surface area (Å²) in [6.45, 7) is 3.62. The lowest BCUT2D eigenvalue weighted by Gasteiger charge is -2.43. The van der Waals surface area contributed by atoms with Gasteiger partial charge in [0.25, 0.3) is 0 Å². The van der Waals surface area contributed by atoms with E-state index in [9.17, 15) is 4.79 Å². The lowest BCUT2D eigenvalue weighted by molar-refractivity contribution is -0.109. The highest BCUT2D eigenvalue weighted by Gasteiger charge is 2.38. The number of carbonyl (C=O) groups is 1. The predicted molar refractivity (Wildman–Crippen MR) is 86.3 cm³/mol. The van der Waals surface area contributed by atoms with Crippen molar-refractivity contribution in [3.8, 4) is 0 Å². The fourth-order valence-corrected chi connectivity index (χ4v) is 3.78. The first-order chi connectivity index (χ1) is 11.2. The Morgan fingerprint density at radius 3 is 2.96 bits per heavy atom. The summed E-state index contributed by atoms with van der Waals surface area (Å²) in [6, 6.07) is 3.98. The van der Waals surface area contributed by atoms with Crippen LogP contribution in [0, 0.1) is 0 Å². The molecule has 0 bridgehead atoms. The number of rotatable bonds is 5. The molecule has 128 valence electrons. The molecule has 23 heavy (non-hydrogen) atoms. The Balaban J connectivity index is 1.51. The molecule has 5 nitrogen and oxygen atoms in total. The summed E-state index contributed by atoms with van der Waals surface area (Å²) in [5.74, 6) is 0.655. The van der Waals surface area contributed by atoms with Crippen LogP contribution in [0.15, 0.2) is 16.5 Å². The molecule has 3 rings (SSSR count). The van der Waals surface area contributed by atoms with Crippen LogP contribution in [-0.4, -0.2) is 30.8 Å². The second kappa shape index (κ2) is 7.49.